The highest BCUT2D eigenvalue weighted by molar-refractivity contribution is 5.84. The molecule has 1 aliphatic carbocycles. The van der Waals surface area contributed by atoms with Gasteiger partial charge in [-0.15, -0.1) is 0 Å². The van der Waals surface area contributed by atoms with Crippen LogP contribution in [-0.2, 0) is 0 Å². The fourth-order valence-corrected chi connectivity index (χ4v) is 2.40. The van der Waals surface area contributed by atoms with Gasteiger partial charge in [-0.05, 0) is 31.1 Å². The van der Waals surface area contributed by atoms with Gasteiger partial charge >= 0.3 is 5.97 Å². The van der Waals surface area contributed by atoms with Crippen LogP contribution in [0.1, 0.15) is 43.6 Å². The van der Waals surface area contributed by atoms with Crippen molar-refractivity contribution in [1.82, 2.24) is 9.97 Å². The normalized spacial score (nSPS) is 27.8. The van der Waals surface area contributed by atoms with Gasteiger partial charge < -0.3 is 10.4 Å². The van der Waals surface area contributed by atoms with E-state index in [-0.39, 0.29) is 5.69 Å². The van der Waals surface area contributed by atoms with E-state index in [1.807, 2.05) is 0 Å². The van der Waals surface area contributed by atoms with E-state index in [4.69, 9.17) is 5.11 Å². The summed E-state index contributed by atoms with van der Waals surface area (Å²) in [5, 5.41) is 12.1. The summed E-state index contributed by atoms with van der Waals surface area (Å²) >= 11 is 0. The first-order chi connectivity index (χ1) is 8.56. The number of carbonyl (C=O) groups is 1. The van der Waals surface area contributed by atoms with Crippen molar-refractivity contribution in [3.8, 4) is 0 Å². The first kappa shape index (κ1) is 12.8. The summed E-state index contributed by atoms with van der Waals surface area (Å²) < 4.78 is 0. The first-order valence-electron chi connectivity index (χ1n) is 6.38. The van der Waals surface area contributed by atoms with Crippen LogP contribution < -0.4 is 5.32 Å². The summed E-state index contributed by atoms with van der Waals surface area (Å²) in [6, 6.07) is 0.418. The highest BCUT2D eigenvalue weighted by Gasteiger charge is 2.24. The summed E-state index contributed by atoms with van der Waals surface area (Å²) in [6.07, 6.45) is 6.27. The van der Waals surface area contributed by atoms with Crippen molar-refractivity contribution in [2.75, 3.05) is 5.32 Å². The van der Waals surface area contributed by atoms with Gasteiger partial charge in [-0.3, -0.25) is 0 Å². The molecule has 18 heavy (non-hydrogen) atoms. The third-order valence-electron chi connectivity index (χ3n) is 3.82. The molecule has 1 aliphatic rings. The zero-order chi connectivity index (χ0) is 13.1. The molecule has 2 rings (SSSR count). The van der Waals surface area contributed by atoms with E-state index in [9.17, 15) is 4.79 Å². The summed E-state index contributed by atoms with van der Waals surface area (Å²) in [5.74, 6) is 1.10. The molecular formula is C13H19N3O2. The highest BCUT2D eigenvalue weighted by atomic mass is 16.4. The summed E-state index contributed by atoms with van der Waals surface area (Å²) in [4.78, 5) is 18.6. The van der Waals surface area contributed by atoms with Gasteiger partial charge in [0.15, 0.2) is 5.69 Å². The molecule has 0 bridgehead atoms. The van der Waals surface area contributed by atoms with Crippen molar-refractivity contribution in [1.29, 1.82) is 0 Å². The Morgan fingerprint density at radius 3 is 2.61 bits per heavy atom. The molecule has 1 fully saturated rings. The minimum Gasteiger partial charge on any atom is -0.476 e. The minimum absolute atomic E-state index is 0.0221. The Kier molecular flexibility index (Phi) is 3.79. The van der Waals surface area contributed by atoms with E-state index in [1.165, 1.54) is 18.8 Å². The Labute approximate surface area is 107 Å². The van der Waals surface area contributed by atoms with Crippen molar-refractivity contribution >= 4 is 11.8 Å². The Bertz CT molecular complexity index is 419. The van der Waals surface area contributed by atoms with E-state index < -0.39 is 5.97 Å². The molecule has 0 radical (unpaired) electrons. The number of aromatic nitrogens is 2. The van der Waals surface area contributed by atoms with Crippen molar-refractivity contribution < 1.29 is 9.90 Å². The maximum absolute atomic E-state index is 10.7. The van der Waals surface area contributed by atoms with Crippen LogP contribution in [0.2, 0.25) is 0 Å². The van der Waals surface area contributed by atoms with Crippen LogP contribution in [-0.4, -0.2) is 27.1 Å². The number of carboxylic acid groups (broad SMARTS) is 1. The molecule has 3 atom stereocenters. The van der Waals surface area contributed by atoms with E-state index in [0.717, 1.165) is 18.8 Å². The minimum atomic E-state index is -1.05. The number of aromatic carboxylic acids is 1. The molecule has 1 aromatic rings. The van der Waals surface area contributed by atoms with E-state index >= 15 is 0 Å². The highest BCUT2D eigenvalue weighted by Crippen LogP contribution is 2.30. The fraction of sp³-hybridized carbons (Fsp3) is 0.615. The average molecular weight is 249 g/mol. The number of hydrogen-bond acceptors (Lipinski definition) is 4. The third-order valence-corrected chi connectivity index (χ3v) is 3.82. The molecule has 1 heterocycles. The SMILES string of the molecule is CC1CCC(Nc2cnc(C(=O)O)cn2)CC1C. The standard InChI is InChI=1S/C13H19N3O2/c1-8-3-4-10(5-9(8)2)16-12-7-14-11(6-15-12)13(17)18/h6-10H,3-5H2,1-2H3,(H,15,16)(H,17,18). The Morgan fingerprint density at radius 1 is 1.28 bits per heavy atom. The Morgan fingerprint density at radius 2 is 2.06 bits per heavy atom. The Balaban J connectivity index is 1.95. The van der Waals surface area contributed by atoms with Crippen molar-refractivity contribution in [3.05, 3.63) is 18.1 Å². The number of nitrogens with one attached hydrogen (secondary N) is 1. The quantitative estimate of drug-likeness (QED) is 0.860. The van der Waals surface area contributed by atoms with Gasteiger partial charge in [-0.25, -0.2) is 14.8 Å². The molecule has 3 unspecified atom stereocenters. The van der Waals surface area contributed by atoms with Gasteiger partial charge in [0.25, 0.3) is 0 Å². The van der Waals surface area contributed by atoms with E-state index in [2.05, 4.69) is 29.1 Å². The number of nitrogens with zero attached hydrogens (tertiary/aromatic N) is 2. The van der Waals surface area contributed by atoms with Gasteiger partial charge in [-0.1, -0.05) is 13.8 Å². The monoisotopic (exact) mass is 249 g/mol. The van der Waals surface area contributed by atoms with Gasteiger partial charge in [0.05, 0.1) is 12.4 Å². The van der Waals surface area contributed by atoms with Gasteiger partial charge in [0, 0.05) is 6.04 Å². The molecule has 0 aromatic carbocycles. The molecule has 0 saturated heterocycles. The topological polar surface area (TPSA) is 75.1 Å². The van der Waals surface area contributed by atoms with Crippen LogP contribution in [0.5, 0.6) is 0 Å². The van der Waals surface area contributed by atoms with E-state index in [1.54, 1.807) is 0 Å². The van der Waals surface area contributed by atoms with Crippen LogP contribution in [0.15, 0.2) is 12.4 Å². The summed E-state index contributed by atoms with van der Waals surface area (Å²) in [5.41, 5.74) is -0.0221. The Hall–Kier alpha value is -1.65. The molecule has 5 heteroatoms. The lowest BCUT2D eigenvalue weighted by atomic mass is 9.79. The van der Waals surface area contributed by atoms with Crippen LogP contribution in [0.3, 0.4) is 0 Å². The molecule has 98 valence electrons. The summed E-state index contributed by atoms with van der Waals surface area (Å²) in [7, 11) is 0. The van der Waals surface area contributed by atoms with Gasteiger partial charge in [-0.2, -0.15) is 0 Å². The van der Waals surface area contributed by atoms with Crippen molar-refractivity contribution in [3.63, 3.8) is 0 Å². The van der Waals surface area contributed by atoms with Crippen LogP contribution in [0.4, 0.5) is 5.82 Å². The number of hydrogen-bond donors (Lipinski definition) is 2. The third kappa shape index (κ3) is 2.97. The maximum atomic E-state index is 10.7. The van der Waals surface area contributed by atoms with Crippen LogP contribution >= 0.6 is 0 Å². The zero-order valence-corrected chi connectivity index (χ0v) is 10.8. The first-order valence-corrected chi connectivity index (χ1v) is 6.38. The van der Waals surface area contributed by atoms with Gasteiger partial charge in [0.1, 0.15) is 5.82 Å². The van der Waals surface area contributed by atoms with Crippen LogP contribution in [0.25, 0.3) is 0 Å². The smallest absolute Gasteiger partial charge is 0.356 e. The summed E-state index contributed by atoms with van der Waals surface area (Å²) in [6.45, 7) is 4.57. The molecule has 0 spiro atoms. The largest absolute Gasteiger partial charge is 0.476 e. The van der Waals surface area contributed by atoms with Crippen LogP contribution in [0, 0.1) is 11.8 Å². The predicted octanol–water partition coefficient (Wildman–Crippen LogP) is 2.41. The number of anilines is 1. The molecule has 1 aromatic heterocycles. The lowest BCUT2D eigenvalue weighted by molar-refractivity contribution is 0.0690. The molecule has 0 amide bonds. The molecule has 5 nitrogen and oxygen atoms in total. The molecule has 1 saturated carbocycles. The van der Waals surface area contributed by atoms with Gasteiger partial charge in [0.2, 0.25) is 0 Å². The zero-order valence-electron chi connectivity index (χ0n) is 10.8. The van der Waals surface area contributed by atoms with Crippen molar-refractivity contribution in [2.24, 2.45) is 11.8 Å². The maximum Gasteiger partial charge on any atom is 0.356 e. The molecular weight excluding hydrogens is 230 g/mol. The molecule has 0 aliphatic heterocycles. The number of rotatable bonds is 3. The van der Waals surface area contributed by atoms with E-state index in [0.29, 0.717) is 17.8 Å². The lowest BCUT2D eigenvalue weighted by Gasteiger charge is -2.32. The lowest BCUT2D eigenvalue weighted by Crippen LogP contribution is -2.30. The second kappa shape index (κ2) is 5.33. The van der Waals surface area contributed by atoms with Crippen molar-refractivity contribution in [2.45, 2.75) is 39.2 Å². The predicted molar refractivity (Wildman–Crippen MR) is 68.6 cm³/mol. The molecule has 2 N–H and O–H groups in total. The second-order valence-corrected chi connectivity index (χ2v) is 5.20. The fourth-order valence-electron chi connectivity index (χ4n) is 2.40. The second-order valence-electron chi connectivity index (χ2n) is 5.20. The number of carboxylic acids is 1. The average Bonchev–Trinajstić information content (AvgIpc) is 2.34.